The maximum Gasteiger partial charge on any atom is 0.0336 e. The summed E-state index contributed by atoms with van der Waals surface area (Å²) < 4.78 is 0. The van der Waals surface area contributed by atoms with Crippen molar-refractivity contribution in [2.24, 2.45) is 0 Å². The third-order valence-electron chi connectivity index (χ3n) is 3.92. The lowest BCUT2D eigenvalue weighted by molar-refractivity contribution is 0.699. The van der Waals surface area contributed by atoms with Crippen molar-refractivity contribution in [2.75, 3.05) is 0 Å². The molecule has 0 aliphatic heterocycles. The van der Waals surface area contributed by atoms with Crippen molar-refractivity contribution in [2.45, 2.75) is 64.2 Å². The number of hydrogen-bond donors (Lipinski definition) is 0. The van der Waals surface area contributed by atoms with Gasteiger partial charge in [-0.3, -0.25) is 0 Å². The fourth-order valence-corrected chi connectivity index (χ4v) is 3.88. The van der Waals surface area contributed by atoms with E-state index in [4.69, 9.17) is 0 Å². The van der Waals surface area contributed by atoms with Crippen LogP contribution in [0.4, 0.5) is 0 Å². The van der Waals surface area contributed by atoms with Crippen molar-refractivity contribution in [1.82, 2.24) is 0 Å². The van der Waals surface area contributed by atoms with Crippen LogP contribution in [0.2, 0.25) is 0 Å². The van der Waals surface area contributed by atoms with E-state index in [-0.39, 0.29) is 0 Å². The van der Waals surface area contributed by atoms with E-state index in [2.05, 4.69) is 6.08 Å². The molecular formula is C14H24Si. The Morgan fingerprint density at radius 2 is 1.53 bits per heavy atom. The zero-order valence-corrected chi connectivity index (χ0v) is 12.1. The van der Waals surface area contributed by atoms with Gasteiger partial charge in [0.1, 0.15) is 0 Å². The summed E-state index contributed by atoms with van der Waals surface area (Å²) in [5.74, 6) is 0. The van der Waals surface area contributed by atoms with Crippen LogP contribution >= 0.6 is 0 Å². The van der Waals surface area contributed by atoms with E-state index in [1.54, 1.807) is 11.1 Å². The molecule has 0 N–H and O–H groups in total. The molecule has 2 aliphatic rings. The van der Waals surface area contributed by atoms with Crippen molar-refractivity contribution in [1.29, 1.82) is 0 Å². The third kappa shape index (κ3) is 3.07. The maximum absolute atomic E-state index is 2.56. The Balaban J connectivity index is 2.15. The first-order valence-corrected chi connectivity index (χ1v) is 7.76. The minimum atomic E-state index is 1.30. The van der Waals surface area contributed by atoms with Gasteiger partial charge in [0.15, 0.2) is 0 Å². The molecule has 0 radical (unpaired) electrons. The minimum Gasteiger partial charge on any atom is -0.0884 e. The summed E-state index contributed by atoms with van der Waals surface area (Å²) in [7, 11) is 1.30. The highest BCUT2D eigenvalue weighted by Crippen LogP contribution is 2.31. The molecule has 15 heavy (non-hydrogen) atoms. The Bertz CT molecular complexity index is 273. The first-order valence-electron chi connectivity index (χ1n) is 6.76. The lowest BCUT2D eigenvalue weighted by Gasteiger charge is -2.13. The van der Waals surface area contributed by atoms with E-state index in [0.717, 1.165) is 0 Å². The molecule has 0 bridgehead atoms. The van der Waals surface area contributed by atoms with Gasteiger partial charge in [0.2, 0.25) is 0 Å². The zero-order valence-electron chi connectivity index (χ0n) is 10.1. The Kier molecular flexibility index (Phi) is 4.25. The monoisotopic (exact) mass is 220 g/mol. The van der Waals surface area contributed by atoms with Crippen molar-refractivity contribution in [3.63, 3.8) is 0 Å². The lowest BCUT2D eigenvalue weighted by Crippen LogP contribution is -1.95. The molecular weight excluding hydrogens is 196 g/mol. The first-order chi connectivity index (χ1) is 7.38. The molecule has 84 valence electrons. The van der Waals surface area contributed by atoms with Gasteiger partial charge in [-0.25, -0.2) is 0 Å². The second-order valence-corrected chi connectivity index (χ2v) is 6.36. The fraction of sp³-hybridized carbons (Fsp3) is 0.714. The van der Waals surface area contributed by atoms with Crippen LogP contribution in [0, 0.1) is 0 Å². The van der Waals surface area contributed by atoms with Gasteiger partial charge < -0.3 is 0 Å². The molecule has 0 amide bonds. The Morgan fingerprint density at radius 3 is 2.47 bits per heavy atom. The molecule has 0 spiro atoms. The Hall–Kier alpha value is -0.303. The van der Waals surface area contributed by atoms with E-state index in [1.807, 2.05) is 5.20 Å². The van der Waals surface area contributed by atoms with Crippen LogP contribution in [0.5, 0.6) is 0 Å². The van der Waals surface area contributed by atoms with Gasteiger partial charge in [0.25, 0.3) is 0 Å². The smallest absolute Gasteiger partial charge is 0.0336 e. The van der Waals surface area contributed by atoms with E-state index in [0.29, 0.717) is 0 Å². The molecule has 1 heteroatoms. The molecule has 0 nitrogen and oxygen atoms in total. The second kappa shape index (κ2) is 5.69. The van der Waals surface area contributed by atoms with Crippen LogP contribution in [-0.4, -0.2) is 10.2 Å². The summed E-state index contributed by atoms with van der Waals surface area (Å²) in [5.41, 5.74) is 3.56. The number of rotatable bonds is 1. The van der Waals surface area contributed by atoms with E-state index in [1.165, 1.54) is 74.5 Å². The predicted molar refractivity (Wildman–Crippen MR) is 71.2 cm³/mol. The van der Waals surface area contributed by atoms with Gasteiger partial charge in [-0.15, -0.1) is 0 Å². The summed E-state index contributed by atoms with van der Waals surface area (Å²) in [6.45, 7) is 0. The normalized spacial score (nSPS) is 24.7. The summed E-state index contributed by atoms with van der Waals surface area (Å²) in [6.07, 6.45) is 16.8. The van der Waals surface area contributed by atoms with Gasteiger partial charge in [-0.2, -0.15) is 0 Å². The Morgan fingerprint density at radius 1 is 0.800 bits per heavy atom. The molecule has 0 fully saturated rings. The molecule has 0 unspecified atom stereocenters. The molecule has 0 heterocycles. The zero-order chi connectivity index (χ0) is 10.5. The number of hydrogen-bond acceptors (Lipinski definition) is 0. The SMILES string of the molecule is [SiH3]C1=C(C2=CCCCCC2)CCCCC1. The standard InChI is InChI=1S/C14H24Si/c15-14-11-7-3-6-10-13(14)12-8-4-1-2-5-9-12/h8H,1-7,9-11H2,15H3. The first kappa shape index (κ1) is 11.2. The summed E-state index contributed by atoms with van der Waals surface area (Å²) >= 11 is 0. The molecule has 0 saturated carbocycles. The second-order valence-electron chi connectivity index (χ2n) is 5.15. The van der Waals surface area contributed by atoms with Gasteiger partial charge in [0.05, 0.1) is 0 Å². The van der Waals surface area contributed by atoms with E-state index < -0.39 is 0 Å². The minimum absolute atomic E-state index is 1.30. The van der Waals surface area contributed by atoms with Crippen molar-refractivity contribution < 1.29 is 0 Å². The van der Waals surface area contributed by atoms with Gasteiger partial charge in [0, 0.05) is 10.2 Å². The number of allylic oxidation sites excluding steroid dienone is 4. The van der Waals surface area contributed by atoms with Gasteiger partial charge >= 0.3 is 0 Å². The maximum atomic E-state index is 2.56. The van der Waals surface area contributed by atoms with E-state index >= 15 is 0 Å². The highest BCUT2D eigenvalue weighted by atomic mass is 28.1. The third-order valence-corrected chi connectivity index (χ3v) is 5.03. The summed E-state index contributed by atoms with van der Waals surface area (Å²) in [4.78, 5) is 0. The van der Waals surface area contributed by atoms with Gasteiger partial charge in [-0.05, 0) is 56.9 Å². The lowest BCUT2D eigenvalue weighted by atomic mass is 9.97. The van der Waals surface area contributed by atoms with Crippen molar-refractivity contribution in [3.8, 4) is 0 Å². The summed E-state index contributed by atoms with van der Waals surface area (Å²) in [6, 6.07) is 0. The quantitative estimate of drug-likeness (QED) is 0.594. The van der Waals surface area contributed by atoms with Crippen LogP contribution in [-0.2, 0) is 0 Å². The molecule has 2 aliphatic carbocycles. The highest BCUT2D eigenvalue weighted by molar-refractivity contribution is 6.22. The molecule has 0 atom stereocenters. The summed E-state index contributed by atoms with van der Waals surface area (Å²) in [5, 5.41) is 1.83. The van der Waals surface area contributed by atoms with Crippen LogP contribution < -0.4 is 0 Å². The average molecular weight is 220 g/mol. The van der Waals surface area contributed by atoms with Crippen LogP contribution in [0.1, 0.15) is 64.2 Å². The van der Waals surface area contributed by atoms with Crippen LogP contribution in [0.25, 0.3) is 0 Å². The van der Waals surface area contributed by atoms with Crippen molar-refractivity contribution >= 4 is 10.2 Å². The molecule has 0 aromatic heterocycles. The predicted octanol–water partition coefficient (Wildman–Crippen LogP) is 3.46. The fourth-order valence-electron chi connectivity index (χ4n) is 2.96. The molecule has 0 aromatic rings. The van der Waals surface area contributed by atoms with Gasteiger partial charge in [-0.1, -0.05) is 29.7 Å². The molecule has 0 saturated heterocycles. The van der Waals surface area contributed by atoms with Crippen LogP contribution in [0.15, 0.2) is 22.4 Å². The highest BCUT2D eigenvalue weighted by Gasteiger charge is 2.13. The largest absolute Gasteiger partial charge is 0.0884 e. The van der Waals surface area contributed by atoms with Crippen molar-refractivity contribution in [3.05, 3.63) is 22.4 Å². The van der Waals surface area contributed by atoms with Crippen LogP contribution in [0.3, 0.4) is 0 Å². The average Bonchev–Trinajstić information content (AvgIpc) is 2.59. The molecule has 2 rings (SSSR count). The molecule has 0 aromatic carbocycles. The Labute approximate surface area is 97.3 Å². The topological polar surface area (TPSA) is 0 Å². The van der Waals surface area contributed by atoms with E-state index in [9.17, 15) is 0 Å².